The first kappa shape index (κ1) is 13.4. The summed E-state index contributed by atoms with van der Waals surface area (Å²) in [4.78, 5) is 12.3. The summed E-state index contributed by atoms with van der Waals surface area (Å²) in [6.07, 6.45) is 2.37. The predicted molar refractivity (Wildman–Crippen MR) is 77.5 cm³/mol. The highest BCUT2D eigenvalue weighted by Gasteiger charge is 2.25. The summed E-state index contributed by atoms with van der Waals surface area (Å²) in [5, 5.41) is 6.28. The zero-order valence-electron chi connectivity index (χ0n) is 11.5. The van der Waals surface area contributed by atoms with Gasteiger partial charge in [-0.1, -0.05) is 6.07 Å². The van der Waals surface area contributed by atoms with Gasteiger partial charge in [0, 0.05) is 30.9 Å². The Morgan fingerprint density at radius 2 is 2.30 bits per heavy atom. The van der Waals surface area contributed by atoms with E-state index in [0.717, 1.165) is 25.2 Å². The summed E-state index contributed by atoms with van der Waals surface area (Å²) >= 11 is 0. The number of carbonyl (C=O) groups excluding carboxylic acids is 1. The van der Waals surface area contributed by atoms with Crippen molar-refractivity contribution in [2.24, 2.45) is 5.92 Å². The van der Waals surface area contributed by atoms with Crippen LogP contribution in [0.4, 0.5) is 5.69 Å². The number of ether oxygens (including phenoxy) is 1. The van der Waals surface area contributed by atoms with Crippen LogP contribution in [-0.2, 0) is 4.74 Å². The lowest BCUT2D eigenvalue weighted by Crippen LogP contribution is -2.35. The maximum Gasteiger partial charge on any atom is 0.251 e. The summed E-state index contributed by atoms with van der Waals surface area (Å²) in [6, 6.07) is 5.47. The number of nitrogens with one attached hydrogen (secondary N) is 2. The molecule has 5 nitrogen and oxygen atoms in total. The Kier molecular flexibility index (Phi) is 3.89. The van der Waals surface area contributed by atoms with E-state index in [1.54, 1.807) is 6.07 Å². The standard InChI is InChI=1S/C15H21N3O2/c16-11-3-4-12(14-9-17-5-6-20-14)13(7-11)15(19)18-8-10-1-2-10/h3-4,7,10,14,17H,1-2,5-6,8-9,16H2,(H,18,19). The van der Waals surface area contributed by atoms with E-state index < -0.39 is 0 Å². The fourth-order valence-corrected chi connectivity index (χ4v) is 2.47. The summed E-state index contributed by atoms with van der Waals surface area (Å²) in [6.45, 7) is 3.01. The fraction of sp³-hybridized carbons (Fsp3) is 0.533. The molecule has 1 heterocycles. The Morgan fingerprint density at radius 3 is 3.00 bits per heavy atom. The molecule has 1 aromatic carbocycles. The average molecular weight is 275 g/mol. The van der Waals surface area contributed by atoms with Crippen LogP contribution in [0.25, 0.3) is 0 Å². The highest BCUT2D eigenvalue weighted by molar-refractivity contribution is 5.96. The van der Waals surface area contributed by atoms with Gasteiger partial charge in [0.1, 0.15) is 0 Å². The summed E-state index contributed by atoms with van der Waals surface area (Å²) in [5.74, 6) is 0.615. The molecule has 2 fully saturated rings. The smallest absolute Gasteiger partial charge is 0.251 e. The molecule has 0 radical (unpaired) electrons. The number of benzene rings is 1. The molecule has 1 aliphatic heterocycles. The number of rotatable bonds is 4. The van der Waals surface area contributed by atoms with E-state index in [1.165, 1.54) is 12.8 Å². The van der Waals surface area contributed by atoms with Crippen molar-refractivity contribution in [2.75, 3.05) is 32.0 Å². The lowest BCUT2D eigenvalue weighted by atomic mass is 10.00. The van der Waals surface area contributed by atoms with E-state index in [0.29, 0.717) is 23.8 Å². The van der Waals surface area contributed by atoms with Crippen LogP contribution >= 0.6 is 0 Å². The zero-order chi connectivity index (χ0) is 13.9. The van der Waals surface area contributed by atoms with Crippen LogP contribution in [0.15, 0.2) is 18.2 Å². The van der Waals surface area contributed by atoms with Crippen molar-refractivity contribution in [3.8, 4) is 0 Å². The highest BCUT2D eigenvalue weighted by Crippen LogP contribution is 2.28. The third-order valence-corrected chi connectivity index (χ3v) is 3.84. The fourth-order valence-electron chi connectivity index (χ4n) is 2.47. The molecule has 0 spiro atoms. The van der Waals surface area contributed by atoms with Crippen LogP contribution in [0, 0.1) is 5.92 Å². The molecule has 108 valence electrons. The number of amides is 1. The molecule has 1 aromatic rings. The van der Waals surface area contributed by atoms with Gasteiger partial charge in [-0.2, -0.15) is 0 Å². The van der Waals surface area contributed by atoms with E-state index in [1.807, 2.05) is 12.1 Å². The minimum absolute atomic E-state index is 0.0478. The number of hydrogen-bond donors (Lipinski definition) is 3. The van der Waals surface area contributed by atoms with Gasteiger partial charge < -0.3 is 21.1 Å². The van der Waals surface area contributed by atoms with Gasteiger partial charge in [-0.3, -0.25) is 4.79 Å². The summed E-state index contributed by atoms with van der Waals surface area (Å²) in [7, 11) is 0. The SMILES string of the molecule is Nc1ccc(C2CNCCO2)c(C(=O)NCC2CC2)c1. The van der Waals surface area contributed by atoms with Gasteiger partial charge in [0.15, 0.2) is 0 Å². The molecule has 2 aliphatic rings. The first-order valence-corrected chi connectivity index (χ1v) is 7.24. The second-order valence-electron chi connectivity index (χ2n) is 5.56. The lowest BCUT2D eigenvalue weighted by Gasteiger charge is -2.25. The van der Waals surface area contributed by atoms with Crippen molar-refractivity contribution >= 4 is 11.6 Å². The lowest BCUT2D eigenvalue weighted by molar-refractivity contribution is 0.0270. The molecule has 1 saturated carbocycles. The molecule has 5 heteroatoms. The largest absolute Gasteiger partial charge is 0.399 e. The molecule has 1 unspecified atom stereocenters. The molecule has 1 aliphatic carbocycles. The van der Waals surface area contributed by atoms with E-state index in [-0.39, 0.29) is 12.0 Å². The van der Waals surface area contributed by atoms with Crippen molar-refractivity contribution < 1.29 is 9.53 Å². The number of carbonyl (C=O) groups is 1. The number of nitrogens with two attached hydrogens (primary N) is 1. The molecule has 0 bridgehead atoms. The maximum absolute atomic E-state index is 12.3. The minimum Gasteiger partial charge on any atom is -0.399 e. The van der Waals surface area contributed by atoms with E-state index in [2.05, 4.69) is 10.6 Å². The Balaban J connectivity index is 1.78. The molecule has 1 amide bonds. The Hall–Kier alpha value is -1.59. The van der Waals surface area contributed by atoms with Crippen molar-refractivity contribution in [3.05, 3.63) is 29.3 Å². The molecular formula is C15H21N3O2. The van der Waals surface area contributed by atoms with Crippen LogP contribution in [0.2, 0.25) is 0 Å². The second-order valence-corrected chi connectivity index (χ2v) is 5.56. The van der Waals surface area contributed by atoms with Crippen molar-refractivity contribution in [3.63, 3.8) is 0 Å². The molecule has 1 saturated heterocycles. The Bertz CT molecular complexity index is 494. The monoisotopic (exact) mass is 275 g/mol. The minimum atomic E-state index is -0.0778. The van der Waals surface area contributed by atoms with Gasteiger partial charge in [-0.15, -0.1) is 0 Å². The normalized spacial score (nSPS) is 22.5. The van der Waals surface area contributed by atoms with Crippen LogP contribution in [0.3, 0.4) is 0 Å². The molecule has 0 aromatic heterocycles. The first-order valence-electron chi connectivity index (χ1n) is 7.24. The summed E-state index contributed by atoms with van der Waals surface area (Å²) < 4.78 is 5.75. The van der Waals surface area contributed by atoms with Gasteiger partial charge in [0.05, 0.1) is 12.7 Å². The number of hydrogen-bond acceptors (Lipinski definition) is 4. The number of morpholine rings is 1. The second kappa shape index (κ2) is 5.81. The Labute approximate surface area is 118 Å². The zero-order valence-corrected chi connectivity index (χ0v) is 11.5. The van der Waals surface area contributed by atoms with Crippen LogP contribution in [0.1, 0.15) is 34.9 Å². The molecular weight excluding hydrogens is 254 g/mol. The van der Waals surface area contributed by atoms with Crippen molar-refractivity contribution in [1.29, 1.82) is 0 Å². The van der Waals surface area contributed by atoms with Crippen LogP contribution < -0.4 is 16.4 Å². The van der Waals surface area contributed by atoms with Crippen molar-refractivity contribution in [2.45, 2.75) is 18.9 Å². The quantitative estimate of drug-likeness (QED) is 0.718. The highest BCUT2D eigenvalue weighted by atomic mass is 16.5. The maximum atomic E-state index is 12.3. The molecule has 4 N–H and O–H groups in total. The number of nitrogen functional groups attached to an aromatic ring is 1. The third-order valence-electron chi connectivity index (χ3n) is 3.84. The van der Waals surface area contributed by atoms with Gasteiger partial charge in [0.25, 0.3) is 5.91 Å². The first-order chi connectivity index (χ1) is 9.74. The molecule has 1 atom stereocenters. The van der Waals surface area contributed by atoms with E-state index in [4.69, 9.17) is 10.5 Å². The van der Waals surface area contributed by atoms with Gasteiger partial charge in [-0.25, -0.2) is 0 Å². The predicted octanol–water partition coefficient (Wildman–Crippen LogP) is 1.07. The van der Waals surface area contributed by atoms with Gasteiger partial charge >= 0.3 is 0 Å². The van der Waals surface area contributed by atoms with Crippen LogP contribution in [-0.4, -0.2) is 32.1 Å². The van der Waals surface area contributed by atoms with E-state index >= 15 is 0 Å². The Morgan fingerprint density at radius 1 is 1.45 bits per heavy atom. The average Bonchev–Trinajstić information content (AvgIpc) is 3.30. The topological polar surface area (TPSA) is 76.4 Å². The van der Waals surface area contributed by atoms with E-state index in [9.17, 15) is 4.79 Å². The summed E-state index contributed by atoms with van der Waals surface area (Å²) in [5.41, 5.74) is 7.99. The van der Waals surface area contributed by atoms with Crippen LogP contribution in [0.5, 0.6) is 0 Å². The molecule has 20 heavy (non-hydrogen) atoms. The van der Waals surface area contributed by atoms with Gasteiger partial charge in [-0.05, 0) is 36.5 Å². The molecule has 3 rings (SSSR count). The number of anilines is 1. The third kappa shape index (κ3) is 3.11. The van der Waals surface area contributed by atoms with Gasteiger partial charge in [0.2, 0.25) is 0 Å². The van der Waals surface area contributed by atoms with Crippen molar-refractivity contribution in [1.82, 2.24) is 10.6 Å².